The maximum atomic E-state index is 11.3. The van der Waals surface area contributed by atoms with Crippen molar-refractivity contribution in [1.82, 2.24) is 0 Å². The third-order valence-electron chi connectivity index (χ3n) is 3.11. The molecule has 0 heterocycles. The Morgan fingerprint density at radius 3 is 1.73 bits per heavy atom. The minimum absolute atomic E-state index is 0.0250. The molecule has 1 rings (SSSR count). The van der Waals surface area contributed by atoms with Crippen LogP contribution in [0, 0.1) is 5.92 Å². The van der Waals surface area contributed by atoms with Gasteiger partial charge in [0.05, 0.1) is 6.61 Å². The summed E-state index contributed by atoms with van der Waals surface area (Å²) >= 11 is 0. The van der Waals surface area contributed by atoms with E-state index in [1.807, 2.05) is 0 Å². The van der Waals surface area contributed by atoms with E-state index in [1.165, 1.54) is 27.7 Å². The first-order valence-corrected chi connectivity index (χ1v) is 6.85. The van der Waals surface area contributed by atoms with Gasteiger partial charge in [-0.15, -0.1) is 0 Å². The van der Waals surface area contributed by atoms with E-state index < -0.39 is 48.1 Å². The Labute approximate surface area is 128 Å². The van der Waals surface area contributed by atoms with Crippen LogP contribution in [0.1, 0.15) is 34.1 Å². The maximum absolute atomic E-state index is 11.3. The summed E-state index contributed by atoms with van der Waals surface area (Å²) in [7, 11) is 0. The van der Waals surface area contributed by atoms with Crippen LogP contribution in [0.25, 0.3) is 0 Å². The number of carbonyl (C=O) groups excluding carboxylic acids is 4. The highest BCUT2D eigenvalue weighted by atomic mass is 16.6. The Bertz CT molecular complexity index is 458. The van der Waals surface area contributed by atoms with Crippen LogP contribution in [0.15, 0.2) is 0 Å². The molecule has 0 N–H and O–H groups in total. The van der Waals surface area contributed by atoms with Crippen LogP contribution in [0.2, 0.25) is 0 Å². The number of hydrogen-bond acceptors (Lipinski definition) is 8. The summed E-state index contributed by atoms with van der Waals surface area (Å²) in [6.45, 7) is 4.87. The van der Waals surface area contributed by atoms with Crippen LogP contribution >= 0.6 is 0 Å². The Kier molecular flexibility index (Phi) is 6.33. The molecule has 124 valence electrons. The lowest BCUT2D eigenvalue weighted by Gasteiger charge is -2.25. The monoisotopic (exact) mass is 316 g/mol. The van der Waals surface area contributed by atoms with Crippen LogP contribution in [0.3, 0.4) is 0 Å². The molecule has 0 spiro atoms. The van der Waals surface area contributed by atoms with E-state index in [-0.39, 0.29) is 13.0 Å². The molecule has 22 heavy (non-hydrogen) atoms. The van der Waals surface area contributed by atoms with Crippen molar-refractivity contribution < 1.29 is 38.1 Å². The summed E-state index contributed by atoms with van der Waals surface area (Å²) in [6.07, 6.45) is -2.27. The lowest BCUT2D eigenvalue weighted by molar-refractivity contribution is -0.176. The minimum atomic E-state index is -0.925. The van der Waals surface area contributed by atoms with Gasteiger partial charge in [0, 0.05) is 33.6 Å². The number of esters is 4. The summed E-state index contributed by atoms with van der Waals surface area (Å²) in [4.78, 5) is 44.6. The highest BCUT2D eigenvalue weighted by Gasteiger charge is 2.50. The van der Waals surface area contributed by atoms with Crippen LogP contribution in [0.4, 0.5) is 0 Å². The first-order valence-electron chi connectivity index (χ1n) is 6.85. The van der Waals surface area contributed by atoms with Gasteiger partial charge in [0.2, 0.25) is 0 Å². The smallest absolute Gasteiger partial charge is 0.303 e. The summed E-state index contributed by atoms with van der Waals surface area (Å²) in [5, 5.41) is 0. The van der Waals surface area contributed by atoms with Crippen LogP contribution in [0.5, 0.6) is 0 Å². The average molecular weight is 316 g/mol. The van der Waals surface area contributed by atoms with E-state index in [2.05, 4.69) is 0 Å². The van der Waals surface area contributed by atoms with Crippen molar-refractivity contribution in [2.45, 2.75) is 52.4 Å². The third kappa shape index (κ3) is 5.34. The minimum Gasteiger partial charge on any atom is -0.465 e. The van der Waals surface area contributed by atoms with Gasteiger partial charge in [0.15, 0.2) is 6.10 Å². The lowest BCUT2D eigenvalue weighted by Crippen LogP contribution is -2.40. The van der Waals surface area contributed by atoms with Crippen LogP contribution in [-0.2, 0) is 38.1 Å². The molecule has 0 aromatic rings. The lowest BCUT2D eigenvalue weighted by atomic mass is 10.1. The van der Waals surface area contributed by atoms with E-state index >= 15 is 0 Å². The average Bonchev–Trinajstić information content (AvgIpc) is 2.63. The van der Waals surface area contributed by atoms with Gasteiger partial charge in [-0.05, 0) is 6.42 Å². The topological polar surface area (TPSA) is 105 Å². The highest BCUT2D eigenvalue weighted by Crippen LogP contribution is 2.34. The molecule has 1 fully saturated rings. The highest BCUT2D eigenvalue weighted by molar-refractivity contribution is 5.68. The molecule has 1 saturated carbocycles. The van der Waals surface area contributed by atoms with E-state index in [0.29, 0.717) is 0 Å². The molecule has 1 aliphatic carbocycles. The zero-order valence-corrected chi connectivity index (χ0v) is 13.0. The molecule has 8 heteroatoms. The number of carbonyl (C=O) groups is 4. The second-order valence-corrected chi connectivity index (χ2v) is 5.09. The molecule has 0 radical (unpaired) electrons. The van der Waals surface area contributed by atoms with Gasteiger partial charge in [-0.25, -0.2) is 0 Å². The van der Waals surface area contributed by atoms with Gasteiger partial charge in [-0.2, -0.15) is 0 Å². The Balaban J connectivity index is 2.94. The van der Waals surface area contributed by atoms with E-state index in [9.17, 15) is 19.2 Å². The van der Waals surface area contributed by atoms with E-state index in [1.54, 1.807) is 0 Å². The second-order valence-electron chi connectivity index (χ2n) is 5.09. The van der Waals surface area contributed by atoms with Crippen molar-refractivity contribution in [2.24, 2.45) is 5.92 Å². The van der Waals surface area contributed by atoms with Crippen molar-refractivity contribution in [3.8, 4) is 0 Å². The first kappa shape index (κ1) is 17.9. The fourth-order valence-electron chi connectivity index (χ4n) is 2.45. The van der Waals surface area contributed by atoms with Crippen molar-refractivity contribution in [2.75, 3.05) is 6.61 Å². The summed E-state index contributed by atoms with van der Waals surface area (Å²) < 4.78 is 20.4. The van der Waals surface area contributed by atoms with Crippen molar-refractivity contribution >= 4 is 23.9 Å². The van der Waals surface area contributed by atoms with Gasteiger partial charge in [0.1, 0.15) is 12.2 Å². The number of hydrogen-bond donors (Lipinski definition) is 0. The normalized spacial score (nSPS) is 26.9. The molecule has 0 aromatic carbocycles. The van der Waals surface area contributed by atoms with Gasteiger partial charge >= 0.3 is 23.9 Å². The third-order valence-corrected chi connectivity index (χ3v) is 3.11. The largest absolute Gasteiger partial charge is 0.465 e. The molecule has 4 atom stereocenters. The Morgan fingerprint density at radius 2 is 1.27 bits per heavy atom. The molecule has 1 aliphatic rings. The van der Waals surface area contributed by atoms with Gasteiger partial charge in [0.25, 0.3) is 0 Å². The number of rotatable bonds is 5. The summed E-state index contributed by atoms with van der Waals surface area (Å²) in [5.41, 5.74) is 0. The molecule has 8 nitrogen and oxygen atoms in total. The molecular formula is C14H20O8. The van der Waals surface area contributed by atoms with Crippen LogP contribution < -0.4 is 0 Å². The van der Waals surface area contributed by atoms with E-state index in [0.717, 1.165) is 0 Å². The van der Waals surface area contributed by atoms with Crippen molar-refractivity contribution in [3.05, 3.63) is 0 Å². The number of ether oxygens (including phenoxy) is 4. The SMILES string of the molecule is CC(=O)OC[C@H]1C[C@H](OC(C)=O)[C@H](OC(C)=O)[C@H]1OC(C)=O. The zero-order valence-electron chi connectivity index (χ0n) is 13.0. The van der Waals surface area contributed by atoms with Crippen molar-refractivity contribution in [1.29, 1.82) is 0 Å². The summed E-state index contributed by atoms with van der Waals surface area (Å²) in [5.74, 6) is -2.62. The van der Waals surface area contributed by atoms with E-state index in [4.69, 9.17) is 18.9 Å². The van der Waals surface area contributed by atoms with Crippen LogP contribution in [-0.4, -0.2) is 48.8 Å². The molecule has 0 saturated heterocycles. The fraction of sp³-hybridized carbons (Fsp3) is 0.714. The van der Waals surface area contributed by atoms with Gasteiger partial charge in [-0.3, -0.25) is 19.2 Å². The standard InChI is InChI=1S/C14H20O8/c1-7(15)19-6-11-5-12(20-8(2)16)14(22-10(4)18)13(11)21-9(3)17/h11-14H,5-6H2,1-4H3/t11-,12+,13+,14+/m1/s1. The molecular weight excluding hydrogens is 296 g/mol. The summed E-state index contributed by atoms with van der Waals surface area (Å²) in [6, 6.07) is 0. The van der Waals surface area contributed by atoms with Gasteiger partial charge < -0.3 is 18.9 Å². The van der Waals surface area contributed by atoms with Crippen molar-refractivity contribution in [3.63, 3.8) is 0 Å². The molecule has 0 bridgehead atoms. The molecule has 0 aromatic heterocycles. The first-order chi connectivity index (χ1) is 10.2. The molecule has 0 unspecified atom stereocenters. The Hall–Kier alpha value is -2.12. The predicted octanol–water partition coefficient (Wildman–Crippen LogP) is 0.364. The second kappa shape index (κ2) is 7.77. The molecule has 0 amide bonds. The quantitative estimate of drug-likeness (QED) is 0.529. The maximum Gasteiger partial charge on any atom is 0.303 e. The molecule has 0 aliphatic heterocycles. The fourth-order valence-corrected chi connectivity index (χ4v) is 2.45. The zero-order chi connectivity index (χ0) is 16.9. The Morgan fingerprint density at radius 1 is 0.773 bits per heavy atom. The van der Waals surface area contributed by atoms with Gasteiger partial charge in [-0.1, -0.05) is 0 Å². The predicted molar refractivity (Wildman–Crippen MR) is 71.4 cm³/mol.